The smallest absolute Gasteiger partial charge is 0.160 e. The van der Waals surface area contributed by atoms with Crippen LogP contribution < -0.4 is 9.47 Å². The lowest BCUT2D eigenvalue weighted by atomic mass is 10.00. The van der Waals surface area contributed by atoms with E-state index in [2.05, 4.69) is 0 Å². The number of carbonyl (C=O) groups is 1. The highest BCUT2D eigenvalue weighted by molar-refractivity contribution is 5.79. The molecule has 1 unspecified atom stereocenters. The number of rotatable bonds is 12. The number of ketones is 1. The van der Waals surface area contributed by atoms with Gasteiger partial charge in [-0.15, -0.1) is 0 Å². The Morgan fingerprint density at radius 3 is 2.34 bits per heavy atom. The van der Waals surface area contributed by atoms with Crippen molar-refractivity contribution in [2.24, 2.45) is 0 Å². The summed E-state index contributed by atoms with van der Waals surface area (Å²) in [6.45, 7) is 0.526. The Labute approximate surface area is 189 Å². The molecule has 3 aromatic carbocycles. The monoisotopic (exact) mass is 434 g/mol. The summed E-state index contributed by atoms with van der Waals surface area (Å²) in [7, 11) is 1.49. The summed E-state index contributed by atoms with van der Waals surface area (Å²) in [5.41, 5.74) is 3.13. The van der Waals surface area contributed by atoms with Gasteiger partial charge in [-0.05, 0) is 60.2 Å². The Balaban J connectivity index is 1.37. The molecule has 3 rings (SSSR count). The predicted octanol–water partition coefficient (Wildman–Crippen LogP) is 4.87. The highest BCUT2D eigenvalue weighted by Gasteiger charge is 2.12. The van der Waals surface area contributed by atoms with Crippen molar-refractivity contribution < 1.29 is 24.5 Å². The molecule has 5 heteroatoms. The number of phenolic OH excluding ortho intramolecular Hbond substituents is 1. The van der Waals surface area contributed by atoms with E-state index in [4.69, 9.17) is 9.47 Å². The summed E-state index contributed by atoms with van der Waals surface area (Å²) in [5.74, 6) is 1.30. The van der Waals surface area contributed by atoms with Crippen LogP contribution >= 0.6 is 0 Å². The Bertz CT molecular complexity index is 983. The van der Waals surface area contributed by atoms with Crippen LogP contribution in [0.15, 0.2) is 72.8 Å². The van der Waals surface area contributed by atoms with Crippen molar-refractivity contribution in [1.29, 1.82) is 0 Å². The molecular formula is C27H30O5. The maximum Gasteiger partial charge on any atom is 0.160 e. The van der Waals surface area contributed by atoms with E-state index >= 15 is 0 Å². The van der Waals surface area contributed by atoms with E-state index in [0.29, 0.717) is 38.0 Å². The van der Waals surface area contributed by atoms with Gasteiger partial charge in [-0.2, -0.15) is 0 Å². The van der Waals surface area contributed by atoms with E-state index in [-0.39, 0.29) is 18.0 Å². The van der Waals surface area contributed by atoms with Crippen molar-refractivity contribution >= 4 is 5.78 Å². The molecule has 168 valence electrons. The third-order valence-electron chi connectivity index (χ3n) is 5.34. The molecule has 0 aliphatic carbocycles. The fraction of sp³-hybridized carbons (Fsp3) is 0.296. The number of aliphatic hydroxyl groups is 1. The largest absolute Gasteiger partial charge is 0.504 e. The van der Waals surface area contributed by atoms with Gasteiger partial charge in [-0.3, -0.25) is 4.79 Å². The molecule has 0 fully saturated rings. The Kier molecular flexibility index (Phi) is 8.70. The zero-order chi connectivity index (χ0) is 22.8. The number of aliphatic hydroxyl groups excluding tert-OH is 1. The summed E-state index contributed by atoms with van der Waals surface area (Å²) in [4.78, 5) is 12.2. The van der Waals surface area contributed by atoms with Crippen LogP contribution in [-0.4, -0.2) is 29.2 Å². The van der Waals surface area contributed by atoms with Crippen LogP contribution in [0.3, 0.4) is 0 Å². The standard InChI is InChI=1S/C27H30O5/c1-31-27-17-21(11-16-26(27)30)8-13-24(29)18-23(28)12-7-20-9-14-25(15-10-20)32-19-22-5-3-2-4-6-22/h2-6,9-11,14-17,23,28,30H,7-8,12-13,18-19H2,1H3. The first-order valence-electron chi connectivity index (χ1n) is 10.8. The summed E-state index contributed by atoms with van der Waals surface area (Å²) >= 11 is 0. The number of methoxy groups -OCH3 is 1. The molecule has 1 atom stereocenters. The van der Waals surface area contributed by atoms with Crippen LogP contribution in [0.4, 0.5) is 0 Å². The van der Waals surface area contributed by atoms with Crippen molar-refractivity contribution in [3.63, 3.8) is 0 Å². The number of phenols is 1. The number of ether oxygens (including phenoxy) is 2. The summed E-state index contributed by atoms with van der Waals surface area (Å²) in [6, 6.07) is 22.9. The van der Waals surface area contributed by atoms with Gasteiger partial charge in [0.25, 0.3) is 0 Å². The molecule has 0 aliphatic heterocycles. The molecule has 0 radical (unpaired) electrons. The molecule has 0 saturated carbocycles. The lowest BCUT2D eigenvalue weighted by Crippen LogP contribution is -2.15. The molecule has 0 heterocycles. The van der Waals surface area contributed by atoms with Crippen LogP contribution in [0.25, 0.3) is 0 Å². The quantitative estimate of drug-likeness (QED) is 0.426. The van der Waals surface area contributed by atoms with Gasteiger partial charge in [0.15, 0.2) is 11.5 Å². The van der Waals surface area contributed by atoms with E-state index in [1.165, 1.54) is 7.11 Å². The average Bonchev–Trinajstić information content (AvgIpc) is 2.82. The number of benzene rings is 3. The molecule has 5 nitrogen and oxygen atoms in total. The minimum absolute atomic E-state index is 0.0224. The molecule has 3 aromatic rings. The van der Waals surface area contributed by atoms with Crippen molar-refractivity contribution in [3.05, 3.63) is 89.5 Å². The average molecular weight is 435 g/mol. The van der Waals surface area contributed by atoms with Gasteiger partial charge in [-0.25, -0.2) is 0 Å². The Hall–Kier alpha value is -3.31. The number of Topliss-reactive ketones (excluding diaryl/α,β-unsaturated/α-hetero) is 1. The van der Waals surface area contributed by atoms with E-state index in [1.54, 1.807) is 18.2 Å². The molecule has 0 amide bonds. The highest BCUT2D eigenvalue weighted by atomic mass is 16.5. The fourth-order valence-electron chi connectivity index (χ4n) is 3.45. The van der Waals surface area contributed by atoms with Gasteiger partial charge >= 0.3 is 0 Å². The van der Waals surface area contributed by atoms with Crippen LogP contribution in [0, 0.1) is 0 Å². The zero-order valence-electron chi connectivity index (χ0n) is 18.4. The number of hydrogen-bond donors (Lipinski definition) is 2. The zero-order valence-corrected chi connectivity index (χ0v) is 18.4. The maximum atomic E-state index is 12.2. The first-order chi connectivity index (χ1) is 15.5. The van der Waals surface area contributed by atoms with Crippen LogP contribution in [0.2, 0.25) is 0 Å². The van der Waals surface area contributed by atoms with Crippen LogP contribution in [0.5, 0.6) is 17.2 Å². The fourth-order valence-corrected chi connectivity index (χ4v) is 3.45. The normalized spacial score (nSPS) is 11.7. The van der Waals surface area contributed by atoms with Crippen molar-refractivity contribution in [1.82, 2.24) is 0 Å². The first kappa shape index (κ1) is 23.4. The molecule has 0 saturated heterocycles. The van der Waals surface area contributed by atoms with Crippen molar-refractivity contribution in [2.45, 2.75) is 44.8 Å². The third-order valence-corrected chi connectivity index (χ3v) is 5.34. The van der Waals surface area contributed by atoms with Crippen molar-refractivity contribution in [3.8, 4) is 17.2 Å². The summed E-state index contributed by atoms with van der Waals surface area (Å²) in [6.07, 6.45) is 1.61. The van der Waals surface area contributed by atoms with Gasteiger partial charge in [0, 0.05) is 12.8 Å². The lowest BCUT2D eigenvalue weighted by molar-refractivity contribution is -0.120. The first-order valence-corrected chi connectivity index (χ1v) is 10.8. The van der Waals surface area contributed by atoms with Crippen molar-refractivity contribution in [2.75, 3.05) is 7.11 Å². The van der Waals surface area contributed by atoms with E-state index in [9.17, 15) is 15.0 Å². The lowest BCUT2D eigenvalue weighted by Gasteiger charge is -2.11. The Morgan fingerprint density at radius 2 is 1.62 bits per heavy atom. The minimum Gasteiger partial charge on any atom is -0.504 e. The van der Waals surface area contributed by atoms with Crippen LogP contribution in [-0.2, 0) is 24.2 Å². The number of carbonyl (C=O) groups excluding carboxylic acids is 1. The van der Waals surface area contributed by atoms with Crippen LogP contribution in [0.1, 0.15) is 36.0 Å². The second-order valence-corrected chi connectivity index (χ2v) is 7.86. The number of hydrogen-bond acceptors (Lipinski definition) is 5. The second-order valence-electron chi connectivity index (χ2n) is 7.86. The topological polar surface area (TPSA) is 76.0 Å². The second kappa shape index (κ2) is 11.9. The summed E-state index contributed by atoms with van der Waals surface area (Å²) < 4.78 is 10.9. The number of aromatic hydroxyl groups is 1. The molecular weight excluding hydrogens is 404 g/mol. The molecule has 0 aliphatic rings. The maximum absolute atomic E-state index is 12.2. The highest BCUT2D eigenvalue weighted by Crippen LogP contribution is 2.27. The molecule has 0 spiro atoms. The van der Waals surface area contributed by atoms with Gasteiger partial charge in [0.05, 0.1) is 13.2 Å². The minimum atomic E-state index is -0.661. The molecule has 0 aromatic heterocycles. The molecule has 2 N–H and O–H groups in total. The SMILES string of the molecule is COc1cc(CCC(=O)CC(O)CCc2ccc(OCc3ccccc3)cc2)ccc1O. The number of aryl methyl sites for hydroxylation is 2. The molecule has 0 bridgehead atoms. The van der Waals surface area contributed by atoms with E-state index < -0.39 is 6.10 Å². The van der Waals surface area contributed by atoms with E-state index in [0.717, 1.165) is 22.4 Å². The van der Waals surface area contributed by atoms with Gasteiger partial charge in [0.1, 0.15) is 18.1 Å². The van der Waals surface area contributed by atoms with Gasteiger partial charge in [-0.1, -0.05) is 48.5 Å². The van der Waals surface area contributed by atoms with Gasteiger partial charge in [0.2, 0.25) is 0 Å². The Morgan fingerprint density at radius 1 is 0.906 bits per heavy atom. The van der Waals surface area contributed by atoms with Gasteiger partial charge < -0.3 is 19.7 Å². The predicted molar refractivity (Wildman–Crippen MR) is 124 cm³/mol. The third kappa shape index (κ3) is 7.43. The molecule has 32 heavy (non-hydrogen) atoms. The van der Waals surface area contributed by atoms with E-state index in [1.807, 2.05) is 54.6 Å². The summed E-state index contributed by atoms with van der Waals surface area (Å²) in [5, 5.41) is 19.9.